The van der Waals surface area contributed by atoms with Gasteiger partial charge in [-0.1, -0.05) is 6.07 Å². The second-order valence-corrected chi connectivity index (χ2v) is 8.91. The fraction of sp³-hybridized carbons (Fsp3) is 0.200. The van der Waals surface area contributed by atoms with E-state index < -0.39 is 42.4 Å². The Morgan fingerprint density at radius 1 is 0.923 bits per heavy atom. The summed E-state index contributed by atoms with van der Waals surface area (Å²) in [5, 5.41) is 0. The summed E-state index contributed by atoms with van der Waals surface area (Å²) in [5.74, 6) is -2.61. The molecule has 0 atom stereocenters. The lowest BCUT2D eigenvalue weighted by Gasteiger charge is -2.10. The van der Waals surface area contributed by atoms with Crippen molar-refractivity contribution in [3.8, 4) is 0 Å². The van der Waals surface area contributed by atoms with E-state index in [1.54, 1.807) is 0 Å². The van der Waals surface area contributed by atoms with Crippen molar-refractivity contribution in [3.63, 3.8) is 0 Å². The highest BCUT2D eigenvalue weighted by Gasteiger charge is 2.17. The van der Waals surface area contributed by atoms with Gasteiger partial charge >= 0.3 is 0 Å². The summed E-state index contributed by atoms with van der Waals surface area (Å²) < 4.78 is 90.8. The Bertz CT molecular complexity index is 1030. The average Bonchev–Trinajstić information content (AvgIpc) is 2.50. The van der Waals surface area contributed by atoms with E-state index in [1.807, 2.05) is 4.72 Å². The van der Waals surface area contributed by atoms with E-state index >= 15 is 0 Å². The fourth-order valence-electron chi connectivity index (χ4n) is 2.07. The zero-order valence-electron chi connectivity index (χ0n) is 13.5. The molecule has 142 valence electrons. The molecule has 2 aromatic rings. The average molecular weight is 408 g/mol. The molecule has 0 unspecified atom stereocenters. The number of anilines is 1. The standard InChI is InChI=1S/C15H15F3N2O4S2/c1-25(21,22)20-15-5-4-12(9-14(15)18)26(23,24)19-7-6-10-2-3-11(16)8-13(10)17/h2-5,8-9,19-20H,6-7H2,1H3. The third kappa shape index (κ3) is 5.44. The van der Waals surface area contributed by atoms with Crippen molar-refractivity contribution in [3.05, 3.63) is 59.4 Å². The Balaban J connectivity index is 2.09. The van der Waals surface area contributed by atoms with Crippen molar-refractivity contribution in [2.45, 2.75) is 11.3 Å². The van der Waals surface area contributed by atoms with Crippen LogP contribution < -0.4 is 9.44 Å². The first-order chi connectivity index (χ1) is 12.0. The molecule has 0 aliphatic rings. The first-order valence-corrected chi connectivity index (χ1v) is 10.6. The van der Waals surface area contributed by atoms with Crippen LogP contribution in [-0.4, -0.2) is 29.6 Å². The maximum absolute atomic E-state index is 13.9. The molecule has 0 aliphatic heterocycles. The Kier molecular flexibility index (Phi) is 5.94. The number of hydrogen-bond acceptors (Lipinski definition) is 4. The lowest BCUT2D eigenvalue weighted by atomic mass is 10.1. The molecule has 0 fully saturated rings. The van der Waals surface area contributed by atoms with Crippen LogP contribution >= 0.6 is 0 Å². The van der Waals surface area contributed by atoms with Crippen LogP contribution in [0.1, 0.15) is 5.56 Å². The van der Waals surface area contributed by atoms with Crippen molar-refractivity contribution in [1.82, 2.24) is 4.72 Å². The number of hydrogen-bond donors (Lipinski definition) is 2. The predicted molar refractivity (Wildman–Crippen MR) is 90.1 cm³/mol. The Morgan fingerprint density at radius 2 is 1.62 bits per heavy atom. The van der Waals surface area contributed by atoms with Crippen molar-refractivity contribution >= 4 is 25.7 Å². The van der Waals surface area contributed by atoms with Crippen LogP contribution in [0.15, 0.2) is 41.3 Å². The number of rotatable bonds is 7. The Morgan fingerprint density at radius 3 is 2.19 bits per heavy atom. The van der Waals surface area contributed by atoms with Gasteiger partial charge in [0.25, 0.3) is 0 Å². The van der Waals surface area contributed by atoms with Crippen molar-refractivity contribution < 1.29 is 30.0 Å². The number of halogens is 3. The van der Waals surface area contributed by atoms with Gasteiger partial charge in [0.15, 0.2) is 0 Å². The molecule has 2 aromatic carbocycles. The van der Waals surface area contributed by atoms with Crippen molar-refractivity contribution in [1.29, 1.82) is 0 Å². The molecule has 2 N–H and O–H groups in total. The van der Waals surface area contributed by atoms with Crippen LogP contribution in [0.2, 0.25) is 0 Å². The molecular formula is C15H15F3N2O4S2. The Hall–Kier alpha value is -2.11. The normalized spacial score (nSPS) is 12.2. The van der Waals surface area contributed by atoms with Gasteiger partial charge in [-0.05, 0) is 36.2 Å². The SMILES string of the molecule is CS(=O)(=O)Nc1ccc(S(=O)(=O)NCCc2ccc(F)cc2F)cc1F. The van der Waals surface area contributed by atoms with E-state index in [1.165, 1.54) is 6.07 Å². The van der Waals surface area contributed by atoms with E-state index in [0.717, 1.165) is 24.5 Å². The van der Waals surface area contributed by atoms with Gasteiger partial charge in [0.2, 0.25) is 20.0 Å². The highest BCUT2D eigenvalue weighted by Crippen LogP contribution is 2.20. The highest BCUT2D eigenvalue weighted by atomic mass is 32.2. The molecular weight excluding hydrogens is 393 g/mol. The van der Waals surface area contributed by atoms with E-state index in [0.29, 0.717) is 12.1 Å². The van der Waals surface area contributed by atoms with Crippen LogP contribution in [0.4, 0.5) is 18.9 Å². The first-order valence-electron chi connectivity index (χ1n) is 7.19. The van der Waals surface area contributed by atoms with Gasteiger partial charge in [-0.25, -0.2) is 34.7 Å². The van der Waals surface area contributed by atoms with E-state index in [4.69, 9.17) is 0 Å². The summed E-state index contributed by atoms with van der Waals surface area (Å²) in [7, 11) is -7.82. The van der Waals surface area contributed by atoms with E-state index in [-0.39, 0.29) is 24.2 Å². The summed E-state index contributed by atoms with van der Waals surface area (Å²) in [5.41, 5.74) is -0.271. The van der Waals surface area contributed by atoms with Crippen LogP contribution in [0.5, 0.6) is 0 Å². The Labute approximate surface area is 149 Å². The molecule has 0 aliphatic carbocycles. The summed E-state index contributed by atoms with van der Waals surface area (Å²) in [6, 6.07) is 5.60. The minimum Gasteiger partial charge on any atom is -0.281 e. The predicted octanol–water partition coefficient (Wildman–Crippen LogP) is 2.00. The molecule has 0 amide bonds. The molecule has 2 rings (SSSR count). The summed E-state index contributed by atoms with van der Waals surface area (Å²) in [6.07, 6.45) is 0.786. The second-order valence-electron chi connectivity index (χ2n) is 5.40. The largest absolute Gasteiger partial charge is 0.281 e. The van der Waals surface area contributed by atoms with Gasteiger partial charge < -0.3 is 0 Å². The molecule has 0 bridgehead atoms. The van der Waals surface area contributed by atoms with Gasteiger partial charge in [0, 0.05) is 12.6 Å². The van der Waals surface area contributed by atoms with Gasteiger partial charge in [0.05, 0.1) is 16.8 Å². The molecule has 0 aromatic heterocycles. The first kappa shape index (κ1) is 20.2. The van der Waals surface area contributed by atoms with Crippen LogP contribution in [0.25, 0.3) is 0 Å². The molecule has 6 nitrogen and oxygen atoms in total. The zero-order chi connectivity index (χ0) is 19.5. The summed E-state index contributed by atoms with van der Waals surface area (Å²) >= 11 is 0. The minimum atomic E-state index is -4.10. The molecule has 0 heterocycles. The smallest absolute Gasteiger partial charge is 0.240 e. The zero-order valence-corrected chi connectivity index (χ0v) is 15.1. The third-order valence-corrected chi connectivity index (χ3v) is 5.30. The molecule has 0 spiro atoms. The van der Waals surface area contributed by atoms with Crippen LogP contribution in [0.3, 0.4) is 0 Å². The third-order valence-electron chi connectivity index (χ3n) is 3.25. The monoisotopic (exact) mass is 408 g/mol. The lowest BCUT2D eigenvalue weighted by molar-refractivity contribution is 0.564. The van der Waals surface area contributed by atoms with E-state index in [2.05, 4.69) is 4.72 Å². The molecule has 0 saturated heterocycles. The maximum atomic E-state index is 13.9. The van der Waals surface area contributed by atoms with Crippen molar-refractivity contribution in [2.75, 3.05) is 17.5 Å². The van der Waals surface area contributed by atoms with Gasteiger partial charge in [-0.2, -0.15) is 0 Å². The summed E-state index contributed by atoms with van der Waals surface area (Å²) in [6.45, 7) is -0.199. The van der Waals surface area contributed by atoms with Gasteiger partial charge in [-0.3, -0.25) is 4.72 Å². The number of benzene rings is 2. The van der Waals surface area contributed by atoms with Crippen molar-refractivity contribution in [2.24, 2.45) is 0 Å². The van der Waals surface area contributed by atoms with Crippen LogP contribution in [0, 0.1) is 17.5 Å². The van der Waals surface area contributed by atoms with E-state index in [9.17, 15) is 30.0 Å². The fourth-order valence-corrected chi connectivity index (χ4v) is 3.68. The minimum absolute atomic E-state index is 0.0401. The molecule has 26 heavy (non-hydrogen) atoms. The molecule has 0 saturated carbocycles. The van der Waals surface area contributed by atoms with Gasteiger partial charge in [-0.15, -0.1) is 0 Å². The van der Waals surface area contributed by atoms with Crippen LogP contribution in [-0.2, 0) is 26.5 Å². The quantitative estimate of drug-likeness (QED) is 0.733. The molecule has 0 radical (unpaired) electrons. The molecule has 11 heteroatoms. The lowest BCUT2D eigenvalue weighted by Crippen LogP contribution is -2.26. The maximum Gasteiger partial charge on any atom is 0.240 e. The summed E-state index contributed by atoms with van der Waals surface area (Å²) in [4.78, 5) is -0.423. The highest BCUT2D eigenvalue weighted by molar-refractivity contribution is 7.92. The number of nitrogens with one attached hydrogen (secondary N) is 2. The second kappa shape index (κ2) is 7.64. The van der Waals surface area contributed by atoms with Gasteiger partial charge in [0.1, 0.15) is 17.5 Å². The topological polar surface area (TPSA) is 92.3 Å². The number of sulfonamides is 2.